The van der Waals surface area contributed by atoms with Crippen LogP contribution in [0.4, 0.5) is 10.2 Å². The largest absolute Gasteiger partial charge is 0.462 e. The van der Waals surface area contributed by atoms with Crippen molar-refractivity contribution in [1.82, 2.24) is 9.97 Å². The zero-order valence-electron chi connectivity index (χ0n) is 12.2. The van der Waals surface area contributed by atoms with Gasteiger partial charge in [-0.15, -0.1) is 0 Å². The summed E-state index contributed by atoms with van der Waals surface area (Å²) in [5.41, 5.74) is -0.461. The van der Waals surface area contributed by atoms with Crippen LogP contribution in [0.3, 0.4) is 0 Å². The summed E-state index contributed by atoms with van der Waals surface area (Å²) < 4.78 is 19.1. The number of anilines is 1. The zero-order valence-corrected chi connectivity index (χ0v) is 12.2. The Hall–Kier alpha value is -2.44. The van der Waals surface area contributed by atoms with Gasteiger partial charge < -0.3 is 14.6 Å². The van der Waals surface area contributed by atoms with E-state index in [2.05, 4.69) is 9.97 Å². The third kappa shape index (κ3) is 2.43. The van der Waals surface area contributed by atoms with Crippen LogP contribution >= 0.6 is 0 Å². The van der Waals surface area contributed by atoms with Crippen LogP contribution in [-0.2, 0) is 4.74 Å². The van der Waals surface area contributed by atoms with Crippen LogP contribution in [0.25, 0.3) is 11.0 Å². The highest BCUT2D eigenvalue weighted by molar-refractivity contribution is 5.93. The van der Waals surface area contributed by atoms with Crippen molar-refractivity contribution in [2.45, 2.75) is 19.8 Å². The lowest BCUT2D eigenvalue weighted by atomic mass is 10.2. The second-order valence-electron chi connectivity index (χ2n) is 5.14. The van der Waals surface area contributed by atoms with E-state index < -0.39 is 17.2 Å². The van der Waals surface area contributed by atoms with Gasteiger partial charge in [0, 0.05) is 19.3 Å². The van der Waals surface area contributed by atoms with E-state index in [1.54, 1.807) is 6.92 Å². The Balaban J connectivity index is 2.10. The molecule has 1 N–H and O–H groups in total. The van der Waals surface area contributed by atoms with Gasteiger partial charge in [-0.3, -0.25) is 4.79 Å². The minimum atomic E-state index is -0.727. The summed E-state index contributed by atoms with van der Waals surface area (Å²) in [5, 5.41) is 0.0472. The number of carbonyl (C=O) groups is 1. The number of H-pyrrole nitrogens is 1. The number of ether oxygens (including phenoxy) is 1. The molecular formula is C15H16FN3O3. The van der Waals surface area contributed by atoms with Gasteiger partial charge in [-0.2, -0.15) is 0 Å². The number of rotatable bonds is 3. The molecule has 0 spiro atoms. The van der Waals surface area contributed by atoms with Gasteiger partial charge in [0.05, 0.1) is 12.0 Å². The van der Waals surface area contributed by atoms with Crippen molar-refractivity contribution in [3.63, 3.8) is 0 Å². The molecule has 22 heavy (non-hydrogen) atoms. The van der Waals surface area contributed by atoms with Crippen LogP contribution < -0.4 is 10.3 Å². The van der Waals surface area contributed by atoms with E-state index in [0.29, 0.717) is 0 Å². The number of pyridine rings is 2. The van der Waals surface area contributed by atoms with Crippen LogP contribution in [0.1, 0.15) is 30.1 Å². The molecule has 0 aliphatic carbocycles. The average molecular weight is 305 g/mol. The molecule has 0 atom stereocenters. The third-order valence-electron chi connectivity index (χ3n) is 3.70. The maximum atomic E-state index is 14.3. The quantitative estimate of drug-likeness (QED) is 0.876. The first kappa shape index (κ1) is 14.5. The molecule has 1 fully saturated rings. The number of aromatic amines is 1. The van der Waals surface area contributed by atoms with Gasteiger partial charge in [-0.05, 0) is 25.8 Å². The van der Waals surface area contributed by atoms with Crippen molar-refractivity contribution < 1.29 is 13.9 Å². The Bertz CT molecular complexity index is 781. The van der Waals surface area contributed by atoms with Crippen LogP contribution in [0, 0.1) is 5.82 Å². The molecule has 6 nitrogen and oxygen atoms in total. The smallest absolute Gasteiger partial charge is 0.343 e. The maximum absolute atomic E-state index is 14.3. The Morgan fingerprint density at radius 2 is 2.18 bits per heavy atom. The minimum Gasteiger partial charge on any atom is -0.462 e. The number of nitrogens with zero attached hydrogens (tertiary/aromatic N) is 2. The number of hydrogen-bond donors (Lipinski definition) is 1. The lowest BCUT2D eigenvalue weighted by molar-refractivity contribution is 0.0524. The van der Waals surface area contributed by atoms with Crippen LogP contribution in [-0.4, -0.2) is 35.6 Å². The Morgan fingerprint density at radius 1 is 1.45 bits per heavy atom. The van der Waals surface area contributed by atoms with Crippen LogP contribution in [0.2, 0.25) is 0 Å². The molecule has 2 aromatic rings. The van der Waals surface area contributed by atoms with Crippen LogP contribution in [0.5, 0.6) is 0 Å². The molecule has 2 aromatic heterocycles. The van der Waals surface area contributed by atoms with E-state index in [0.717, 1.165) is 32.0 Å². The van der Waals surface area contributed by atoms with E-state index >= 15 is 0 Å². The summed E-state index contributed by atoms with van der Waals surface area (Å²) in [7, 11) is 0. The molecule has 3 heterocycles. The molecule has 0 bridgehead atoms. The summed E-state index contributed by atoms with van der Waals surface area (Å²) >= 11 is 0. The molecule has 0 unspecified atom stereocenters. The first-order valence-corrected chi connectivity index (χ1v) is 7.26. The SMILES string of the molecule is CCOC(=O)c1c[nH]c2nc(N3CCCC3)c(F)cc2c1=O. The Morgan fingerprint density at radius 3 is 2.86 bits per heavy atom. The third-order valence-corrected chi connectivity index (χ3v) is 3.70. The summed E-state index contributed by atoms with van der Waals surface area (Å²) in [4.78, 5) is 32.8. The molecule has 0 amide bonds. The van der Waals surface area contributed by atoms with E-state index in [1.807, 2.05) is 4.90 Å². The molecular weight excluding hydrogens is 289 g/mol. The molecule has 7 heteroatoms. The van der Waals surface area contributed by atoms with Crippen molar-refractivity contribution in [3.05, 3.63) is 33.9 Å². The van der Waals surface area contributed by atoms with Crippen molar-refractivity contribution in [1.29, 1.82) is 0 Å². The number of hydrogen-bond acceptors (Lipinski definition) is 5. The van der Waals surface area contributed by atoms with Crippen molar-refractivity contribution in [2.24, 2.45) is 0 Å². The number of aromatic nitrogens is 2. The lowest BCUT2D eigenvalue weighted by Gasteiger charge is -2.17. The average Bonchev–Trinajstić information content (AvgIpc) is 3.02. The second-order valence-corrected chi connectivity index (χ2v) is 5.14. The minimum absolute atomic E-state index is 0.0472. The van der Waals surface area contributed by atoms with Gasteiger partial charge >= 0.3 is 5.97 Å². The van der Waals surface area contributed by atoms with Crippen molar-refractivity contribution >= 4 is 22.8 Å². The molecule has 1 aliphatic heterocycles. The van der Waals surface area contributed by atoms with Gasteiger partial charge in [0.15, 0.2) is 11.6 Å². The second kappa shape index (κ2) is 5.75. The van der Waals surface area contributed by atoms with E-state index in [1.165, 1.54) is 6.20 Å². The fourth-order valence-electron chi connectivity index (χ4n) is 2.62. The molecule has 0 saturated carbocycles. The highest BCUT2D eigenvalue weighted by atomic mass is 19.1. The number of fused-ring (bicyclic) bond motifs is 1. The maximum Gasteiger partial charge on any atom is 0.343 e. The highest BCUT2D eigenvalue weighted by Gasteiger charge is 2.21. The monoisotopic (exact) mass is 305 g/mol. The van der Waals surface area contributed by atoms with Gasteiger partial charge in [0.25, 0.3) is 0 Å². The summed E-state index contributed by atoms with van der Waals surface area (Å²) in [5.74, 6) is -1.04. The number of carbonyl (C=O) groups excluding carboxylic acids is 1. The van der Waals surface area contributed by atoms with Gasteiger partial charge in [0.2, 0.25) is 5.43 Å². The zero-order chi connectivity index (χ0) is 15.7. The normalized spacial score (nSPS) is 14.5. The number of esters is 1. The van der Waals surface area contributed by atoms with Gasteiger partial charge in [-0.25, -0.2) is 14.2 Å². The van der Waals surface area contributed by atoms with E-state index in [-0.39, 0.29) is 29.0 Å². The van der Waals surface area contributed by atoms with Gasteiger partial charge in [-0.1, -0.05) is 0 Å². The molecule has 1 saturated heterocycles. The number of halogens is 1. The topological polar surface area (TPSA) is 75.3 Å². The first-order valence-electron chi connectivity index (χ1n) is 7.26. The Labute approximate surface area is 125 Å². The highest BCUT2D eigenvalue weighted by Crippen LogP contribution is 2.23. The van der Waals surface area contributed by atoms with E-state index in [4.69, 9.17) is 4.74 Å². The Kier molecular flexibility index (Phi) is 3.79. The first-order chi connectivity index (χ1) is 10.6. The summed E-state index contributed by atoms with van der Waals surface area (Å²) in [6.45, 7) is 3.31. The molecule has 0 aromatic carbocycles. The molecule has 116 valence electrons. The van der Waals surface area contributed by atoms with Crippen molar-refractivity contribution in [2.75, 3.05) is 24.6 Å². The standard InChI is InChI=1S/C15H16FN3O3/c1-2-22-15(21)10-8-17-13-9(12(10)20)7-11(16)14(18-13)19-5-3-4-6-19/h7-8H,2-6H2,1H3,(H,17,18,20). The molecule has 1 aliphatic rings. The predicted octanol–water partition coefficient (Wildman–Crippen LogP) is 1.84. The van der Waals surface area contributed by atoms with Gasteiger partial charge in [0.1, 0.15) is 11.2 Å². The summed E-state index contributed by atoms with van der Waals surface area (Å²) in [6, 6.07) is 1.14. The van der Waals surface area contributed by atoms with E-state index in [9.17, 15) is 14.0 Å². The number of nitrogens with one attached hydrogen (secondary N) is 1. The van der Waals surface area contributed by atoms with Crippen LogP contribution in [0.15, 0.2) is 17.1 Å². The fourth-order valence-corrected chi connectivity index (χ4v) is 2.62. The predicted molar refractivity (Wildman–Crippen MR) is 79.7 cm³/mol. The fraction of sp³-hybridized carbons (Fsp3) is 0.400. The van der Waals surface area contributed by atoms with Crippen molar-refractivity contribution in [3.8, 4) is 0 Å². The summed E-state index contributed by atoms with van der Waals surface area (Å²) in [6.07, 6.45) is 3.26. The molecule has 0 radical (unpaired) electrons. The lowest BCUT2D eigenvalue weighted by Crippen LogP contribution is -2.22. The molecule has 3 rings (SSSR count).